The van der Waals surface area contributed by atoms with Gasteiger partial charge in [0, 0.05) is 6.20 Å². The van der Waals surface area contributed by atoms with Crippen LogP contribution in [0.1, 0.15) is 0 Å². The van der Waals surface area contributed by atoms with E-state index in [0.717, 1.165) is 0 Å². The van der Waals surface area contributed by atoms with Gasteiger partial charge in [0.2, 0.25) is 0 Å². The van der Waals surface area contributed by atoms with Gasteiger partial charge in [0.1, 0.15) is 12.7 Å². The van der Waals surface area contributed by atoms with E-state index in [1.54, 1.807) is 10.6 Å². The molecule has 2 heterocycles. The minimum atomic E-state index is 0.465. The molecular weight excluding hydrogens is 211 g/mol. The molecule has 0 N–H and O–H groups in total. The van der Waals surface area contributed by atoms with Crippen LogP contribution in [0.3, 0.4) is 0 Å². The van der Waals surface area contributed by atoms with Gasteiger partial charge < -0.3 is 0 Å². The predicted octanol–water partition coefficient (Wildman–Crippen LogP) is 1.97. The standard InChI is InChI=1S/C7H4Cl2N4/c8-5-1-6(9)7(10-2-5)13-3-11-12-4-13/h1-4H. The van der Waals surface area contributed by atoms with Crippen LogP contribution in [-0.2, 0) is 0 Å². The molecule has 2 aromatic heterocycles. The second-order valence-corrected chi connectivity index (χ2v) is 3.17. The third-order valence-electron chi connectivity index (χ3n) is 1.45. The zero-order valence-corrected chi connectivity index (χ0v) is 7.87. The molecule has 0 spiro atoms. The molecule has 6 heteroatoms. The number of rotatable bonds is 1. The Bertz CT molecular complexity index is 412. The molecular formula is C7H4Cl2N4. The van der Waals surface area contributed by atoms with Crippen LogP contribution in [0.25, 0.3) is 5.82 Å². The summed E-state index contributed by atoms with van der Waals surface area (Å²) in [5.41, 5.74) is 0. The van der Waals surface area contributed by atoms with Crippen LogP contribution in [0.15, 0.2) is 24.9 Å². The van der Waals surface area contributed by atoms with Crippen LogP contribution in [0, 0.1) is 0 Å². The lowest BCUT2D eigenvalue weighted by atomic mass is 10.4. The zero-order valence-electron chi connectivity index (χ0n) is 6.35. The molecule has 0 amide bonds. The molecule has 0 fully saturated rings. The number of hydrogen-bond donors (Lipinski definition) is 0. The summed E-state index contributed by atoms with van der Waals surface area (Å²) in [6.07, 6.45) is 4.55. The first-order valence-electron chi connectivity index (χ1n) is 3.43. The van der Waals surface area contributed by atoms with Gasteiger partial charge in [0.15, 0.2) is 5.82 Å². The minimum absolute atomic E-state index is 0.465. The van der Waals surface area contributed by atoms with Crippen LogP contribution >= 0.6 is 23.2 Å². The molecule has 2 rings (SSSR count). The quantitative estimate of drug-likeness (QED) is 0.730. The van der Waals surface area contributed by atoms with Crippen LogP contribution in [0.4, 0.5) is 0 Å². The minimum Gasteiger partial charge on any atom is -0.271 e. The SMILES string of the molecule is Clc1cnc(-n2cnnc2)c(Cl)c1. The van der Waals surface area contributed by atoms with Gasteiger partial charge in [0.25, 0.3) is 0 Å². The van der Waals surface area contributed by atoms with Gasteiger partial charge in [-0.15, -0.1) is 10.2 Å². The Morgan fingerprint density at radius 2 is 1.85 bits per heavy atom. The van der Waals surface area contributed by atoms with E-state index >= 15 is 0 Å². The van der Waals surface area contributed by atoms with Crippen molar-refractivity contribution >= 4 is 23.2 Å². The van der Waals surface area contributed by atoms with Crippen molar-refractivity contribution in [2.45, 2.75) is 0 Å². The first-order chi connectivity index (χ1) is 6.27. The second-order valence-electron chi connectivity index (χ2n) is 2.33. The fourth-order valence-electron chi connectivity index (χ4n) is 0.907. The number of hydrogen-bond acceptors (Lipinski definition) is 3. The zero-order chi connectivity index (χ0) is 9.26. The van der Waals surface area contributed by atoms with Crippen molar-refractivity contribution in [3.8, 4) is 5.82 Å². The lowest BCUT2D eigenvalue weighted by Gasteiger charge is -2.01. The van der Waals surface area contributed by atoms with Gasteiger partial charge in [-0.2, -0.15) is 0 Å². The summed E-state index contributed by atoms with van der Waals surface area (Å²) in [5.74, 6) is 0.566. The maximum Gasteiger partial charge on any atom is 0.158 e. The van der Waals surface area contributed by atoms with Crippen LogP contribution < -0.4 is 0 Å². The number of pyridine rings is 1. The lowest BCUT2D eigenvalue weighted by molar-refractivity contribution is 0.991. The number of aromatic nitrogens is 4. The Kier molecular flexibility index (Phi) is 2.16. The summed E-state index contributed by atoms with van der Waals surface area (Å²) in [6, 6.07) is 1.62. The fourth-order valence-corrected chi connectivity index (χ4v) is 1.39. The van der Waals surface area contributed by atoms with Crippen molar-refractivity contribution in [2.24, 2.45) is 0 Å². The van der Waals surface area contributed by atoms with E-state index in [2.05, 4.69) is 15.2 Å². The van der Waals surface area contributed by atoms with E-state index in [4.69, 9.17) is 23.2 Å². The lowest BCUT2D eigenvalue weighted by Crippen LogP contribution is -1.94. The Hall–Kier alpha value is -1.13. The molecule has 0 aliphatic heterocycles. The highest BCUT2D eigenvalue weighted by molar-refractivity contribution is 6.35. The molecule has 0 atom stereocenters. The molecule has 0 aliphatic rings. The summed E-state index contributed by atoms with van der Waals surface area (Å²) in [4.78, 5) is 4.04. The van der Waals surface area contributed by atoms with E-state index < -0.39 is 0 Å². The van der Waals surface area contributed by atoms with Gasteiger partial charge in [-0.1, -0.05) is 23.2 Å². The molecule has 0 unspecified atom stereocenters. The third-order valence-corrected chi connectivity index (χ3v) is 1.94. The maximum absolute atomic E-state index is 5.90. The van der Waals surface area contributed by atoms with Crippen molar-refractivity contribution in [1.29, 1.82) is 0 Å². The van der Waals surface area contributed by atoms with Crippen molar-refractivity contribution in [3.05, 3.63) is 35.0 Å². The summed E-state index contributed by atoms with van der Waals surface area (Å²) in [5, 5.41) is 8.25. The Morgan fingerprint density at radius 3 is 2.46 bits per heavy atom. The van der Waals surface area contributed by atoms with Crippen LogP contribution in [0.5, 0.6) is 0 Å². The third kappa shape index (κ3) is 1.64. The van der Waals surface area contributed by atoms with Crippen molar-refractivity contribution < 1.29 is 0 Å². The van der Waals surface area contributed by atoms with E-state index in [1.807, 2.05) is 0 Å². The van der Waals surface area contributed by atoms with Gasteiger partial charge in [-0.25, -0.2) is 4.98 Å². The predicted molar refractivity (Wildman–Crippen MR) is 49.2 cm³/mol. The molecule has 0 radical (unpaired) electrons. The molecule has 0 saturated carbocycles. The van der Waals surface area contributed by atoms with Gasteiger partial charge in [-0.05, 0) is 6.07 Å². The van der Waals surface area contributed by atoms with Crippen molar-refractivity contribution in [1.82, 2.24) is 19.7 Å². The highest BCUT2D eigenvalue weighted by Crippen LogP contribution is 2.20. The first-order valence-corrected chi connectivity index (χ1v) is 4.19. The summed E-state index contributed by atoms with van der Waals surface area (Å²) in [6.45, 7) is 0. The monoisotopic (exact) mass is 214 g/mol. The summed E-state index contributed by atoms with van der Waals surface area (Å²) < 4.78 is 1.61. The summed E-state index contributed by atoms with van der Waals surface area (Å²) >= 11 is 11.6. The van der Waals surface area contributed by atoms with Crippen LogP contribution in [-0.4, -0.2) is 19.7 Å². The normalized spacial score (nSPS) is 10.3. The number of nitrogens with zero attached hydrogens (tertiary/aromatic N) is 4. The van der Waals surface area contributed by atoms with Crippen molar-refractivity contribution in [3.63, 3.8) is 0 Å². The highest BCUT2D eigenvalue weighted by Gasteiger charge is 2.04. The molecule has 0 saturated heterocycles. The Balaban J connectivity index is 2.53. The second kappa shape index (κ2) is 3.32. The average Bonchev–Trinajstić information content (AvgIpc) is 2.56. The topological polar surface area (TPSA) is 43.6 Å². The van der Waals surface area contributed by atoms with Gasteiger partial charge >= 0.3 is 0 Å². The van der Waals surface area contributed by atoms with E-state index in [9.17, 15) is 0 Å². The van der Waals surface area contributed by atoms with E-state index in [-0.39, 0.29) is 0 Å². The first kappa shape index (κ1) is 8.47. The maximum atomic E-state index is 5.90. The van der Waals surface area contributed by atoms with Gasteiger partial charge in [0.05, 0.1) is 10.0 Å². The largest absolute Gasteiger partial charge is 0.271 e. The van der Waals surface area contributed by atoms with E-state index in [0.29, 0.717) is 15.9 Å². The fraction of sp³-hybridized carbons (Fsp3) is 0. The molecule has 2 aromatic rings. The smallest absolute Gasteiger partial charge is 0.158 e. The highest BCUT2D eigenvalue weighted by atomic mass is 35.5. The van der Waals surface area contributed by atoms with Crippen molar-refractivity contribution in [2.75, 3.05) is 0 Å². The Labute approximate surface area is 84.1 Å². The molecule has 0 bridgehead atoms. The molecule has 0 aromatic carbocycles. The van der Waals surface area contributed by atoms with E-state index in [1.165, 1.54) is 18.9 Å². The average molecular weight is 215 g/mol. The number of halogens is 2. The Morgan fingerprint density at radius 1 is 1.15 bits per heavy atom. The molecule has 4 nitrogen and oxygen atoms in total. The molecule has 66 valence electrons. The van der Waals surface area contributed by atoms with Crippen LogP contribution in [0.2, 0.25) is 10.0 Å². The molecule has 0 aliphatic carbocycles. The van der Waals surface area contributed by atoms with Gasteiger partial charge in [-0.3, -0.25) is 4.57 Å². The molecule has 13 heavy (non-hydrogen) atoms. The summed E-state index contributed by atoms with van der Waals surface area (Å²) in [7, 11) is 0.